The molecule has 18 rings (SSSR count). The fraction of sp³-hybridized carbons (Fsp3) is 0. The topological polar surface area (TPSA) is 55.7 Å². The fourth-order valence-electron chi connectivity index (χ4n) is 13.4. The molecule has 403 valence electrons. The van der Waals surface area contributed by atoms with E-state index in [0.717, 1.165) is 66.8 Å². The molecule has 0 saturated heterocycles. The van der Waals surface area contributed by atoms with Crippen LogP contribution in [0.5, 0.6) is 5.75 Å². The average molecular weight is 1160 g/mol. The third-order valence-corrected chi connectivity index (χ3v) is 17.6. The molecule has 1 N–H and O–H groups in total. The summed E-state index contributed by atoms with van der Waals surface area (Å²) in [7, 11) is 0.756. The van der Waals surface area contributed by atoms with E-state index in [9.17, 15) is 5.02 Å². The molecule has 0 aliphatic rings. The monoisotopic (exact) mass is 1160 g/mol. The van der Waals surface area contributed by atoms with Crippen LogP contribution in [0.2, 0.25) is 0 Å². The summed E-state index contributed by atoms with van der Waals surface area (Å²) in [6, 6.07) is 103. The van der Waals surface area contributed by atoms with Crippen LogP contribution in [0.25, 0.3) is 163 Å². The molecule has 0 aliphatic carbocycles. The Balaban J connectivity index is 0.000000114. The summed E-state index contributed by atoms with van der Waals surface area (Å²) >= 11 is 3.53. The molecule has 0 aliphatic heterocycles. The molecule has 6 heteroatoms. The van der Waals surface area contributed by atoms with Gasteiger partial charge in [-0.25, -0.2) is 0 Å². The van der Waals surface area contributed by atoms with Crippen molar-refractivity contribution in [2.24, 2.45) is 0 Å². The Bertz CT molecular complexity index is 5600. The Labute approximate surface area is 503 Å². The molecule has 0 spiro atoms. The van der Waals surface area contributed by atoms with Crippen molar-refractivity contribution in [3.63, 3.8) is 0 Å². The molecule has 0 bridgehead atoms. The number of halogens is 1. The van der Waals surface area contributed by atoms with Gasteiger partial charge in [-0.3, -0.25) is 0 Å². The Hall–Kier alpha value is -10.5. The number of fused-ring (bicyclic) bond motifs is 16. The van der Waals surface area contributed by atoms with Crippen LogP contribution in [-0.2, 0) is 0 Å². The minimum absolute atomic E-state index is 0.674. The van der Waals surface area contributed by atoms with E-state index in [1.165, 1.54) is 109 Å². The van der Waals surface area contributed by atoms with Crippen LogP contribution in [0.15, 0.2) is 304 Å². The van der Waals surface area contributed by atoms with Gasteiger partial charge in [-0.2, -0.15) is 0 Å². The zero-order valence-corrected chi connectivity index (χ0v) is 47.9. The maximum atomic E-state index is 9.32. The molecule has 0 saturated carbocycles. The molecule has 2 aromatic heterocycles. The lowest BCUT2D eigenvalue weighted by molar-refractivity contribution is 0.459. The van der Waals surface area contributed by atoms with E-state index in [1.807, 2.05) is 54.6 Å². The molecule has 0 amide bonds. The largest absolute Gasteiger partial charge is 0.569 e. The first-order chi connectivity index (χ1) is 42.6. The number of furan rings is 2. The second-order valence-electron chi connectivity index (χ2n) is 21.8. The second-order valence-corrected chi connectivity index (χ2v) is 22.7. The minimum atomic E-state index is 0.674. The predicted octanol–water partition coefficient (Wildman–Crippen LogP) is 22.8. The van der Waals surface area contributed by atoms with Gasteiger partial charge in [-0.05, 0) is 151 Å². The molecular formula is C80H49BBrO4. The summed E-state index contributed by atoms with van der Waals surface area (Å²) in [6.45, 7) is 0. The van der Waals surface area contributed by atoms with Gasteiger partial charge in [0.15, 0.2) is 0 Å². The molecule has 0 fully saturated rings. The van der Waals surface area contributed by atoms with Crippen LogP contribution in [-0.4, -0.2) is 12.7 Å². The standard InChI is InChI=1S/C40H24O.C24H16BO2.C16H9BrO/c1-3-13-28-25(10-1)12-9-19-30(28)39-33-17-7-5-15-31(33)38(32-16-6-8-18-34(32)39)27-21-22-36-35(24-27)40-29-14-4-2-11-26(29)20-23-37(40)41-36;26-25-27-24-21-13-5-3-11-19(21)23(20-12-4-6-14-22(20)24)18-15-7-9-16-8-1-2-10-17(16)18;17-11-6-8-14-13(9-11)16-12-4-2-1-3-10(12)5-7-15(16)18-14/h1-24H;1-15,26H;1-9H. The second kappa shape index (κ2) is 21.3. The highest BCUT2D eigenvalue weighted by atomic mass is 79.9. The lowest BCUT2D eigenvalue weighted by atomic mass is 9.84. The van der Waals surface area contributed by atoms with Gasteiger partial charge in [0, 0.05) is 36.8 Å². The summed E-state index contributed by atoms with van der Waals surface area (Å²) in [5.74, 6) is 0.674. The SMILES string of the molecule is Brc1ccc2oc3ccc4ccccc4c3c2c1.O[B]Oc1c2ccccc2c(-c2cccc3ccccc23)c2ccccc12.c1ccc2c(-c3c4ccccc4c(-c4ccc5oc6ccc7ccccc7c6c5c4)c4ccccc34)cccc2c1. The number of hydrogen-bond acceptors (Lipinski definition) is 4. The van der Waals surface area contributed by atoms with E-state index in [1.54, 1.807) is 0 Å². The van der Waals surface area contributed by atoms with Crippen molar-refractivity contribution in [2.45, 2.75) is 0 Å². The highest BCUT2D eigenvalue weighted by Crippen LogP contribution is 2.48. The first kappa shape index (κ1) is 51.2. The van der Waals surface area contributed by atoms with Crippen molar-refractivity contribution in [2.75, 3.05) is 0 Å². The molecular weight excluding hydrogens is 1120 g/mol. The summed E-state index contributed by atoms with van der Waals surface area (Å²) < 4.78 is 18.9. The van der Waals surface area contributed by atoms with Crippen LogP contribution in [0.4, 0.5) is 0 Å². The Morgan fingerprint density at radius 1 is 0.279 bits per heavy atom. The summed E-state index contributed by atoms with van der Waals surface area (Å²) in [6.07, 6.45) is 0. The number of rotatable bonds is 5. The van der Waals surface area contributed by atoms with E-state index in [0.29, 0.717) is 5.75 Å². The van der Waals surface area contributed by atoms with Gasteiger partial charge in [-0.15, -0.1) is 0 Å². The molecule has 2 heterocycles. The van der Waals surface area contributed by atoms with Crippen molar-refractivity contribution in [3.05, 3.63) is 296 Å². The lowest BCUT2D eigenvalue weighted by Crippen LogP contribution is -2.02. The van der Waals surface area contributed by atoms with Gasteiger partial charge < -0.3 is 18.5 Å². The molecule has 0 unspecified atom stereocenters. The molecule has 18 aromatic rings. The first-order valence-corrected chi connectivity index (χ1v) is 29.7. The summed E-state index contributed by atoms with van der Waals surface area (Å²) in [5, 5.41) is 33.1. The van der Waals surface area contributed by atoms with Gasteiger partial charge in [0.05, 0.1) is 0 Å². The zero-order chi connectivity index (χ0) is 57.2. The van der Waals surface area contributed by atoms with E-state index in [2.05, 4.69) is 253 Å². The number of benzene rings is 16. The zero-order valence-electron chi connectivity index (χ0n) is 46.3. The predicted molar refractivity (Wildman–Crippen MR) is 367 cm³/mol. The van der Waals surface area contributed by atoms with Gasteiger partial charge >= 0.3 is 7.69 Å². The van der Waals surface area contributed by atoms with Crippen molar-refractivity contribution in [1.82, 2.24) is 0 Å². The fourth-order valence-corrected chi connectivity index (χ4v) is 13.8. The molecule has 1 radical (unpaired) electrons. The molecule has 4 nitrogen and oxygen atoms in total. The van der Waals surface area contributed by atoms with Crippen molar-refractivity contribution >= 4 is 154 Å². The Morgan fingerprint density at radius 2 is 0.616 bits per heavy atom. The Kier molecular flexibility index (Phi) is 12.7. The molecule has 0 atom stereocenters. The highest BCUT2D eigenvalue weighted by molar-refractivity contribution is 9.10. The van der Waals surface area contributed by atoms with E-state index in [4.69, 9.17) is 13.5 Å². The maximum Gasteiger partial charge on any atom is 0.569 e. The van der Waals surface area contributed by atoms with E-state index >= 15 is 0 Å². The average Bonchev–Trinajstić information content (AvgIpc) is 0.969. The first-order valence-electron chi connectivity index (χ1n) is 28.9. The maximum absolute atomic E-state index is 9.32. The number of hydrogen-bond donors (Lipinski definition) is 1. The van der Waals surface area contributed by atoms with E-state index < -0.39 is 0 Å². The normalized spacial score (nSPS) is 11.6. The van der Waals surface area contributed by atoms with E-state index in [-0.39, 0.29) is 0 Å². The van der Waals surface area contributed by atoms with Crippen LogP contribution in [0.1, 0.15) is 0 Å². The Morgan fingerprint density at radius 3 is 1.07 bits per heavy atom. The van der Waals surface area contributed by atoms with Crippen LogP contribution < -0.4 is 4.65 Å². The van der Waals surface area contributed by atoms with Gasteiger partial charge in [-0.1, -0.05) is 265 Å². The van der Waals surface area contributed by atoms with Crippen molar-refractivity contribution in [1.29, 1.82) is 0 Å². The molecule has 16 aromatic carbocycles. The van der Waals surface area contributed by atoms with Gasteiger partial charge in [0.25, 0.3) is 0 Å². The minimum Gasteiger partial charge on any atom is -0.537 e. The summed E-state index contributed by atoms with van der Waals surface area (Å²) in [4.78, 5) is 0. The highest BCUT2D eigenvalue weighted by Gasteiger charge is 2.21. The van der Waals surface area contributed by atoms with Crippen LogP contribution in [0.3, 0.4) is 0 Å². The molecule has 86 heavy (non-hydrogen) atoms. The quantitative estimate of drug-likeness (QED) is 0.138. The summed E-state index contributed by atoms with van der Waals surface area (Å²) in [5.41, 5.74) is 11.1. The van der Waals surface area contributed by atoms with Crippen molar-refractivity contribution < 1.29 is 18.5 Å². The van der Waals surface area contributed by atoms with Crippen LogP contribution >= 0.6 is 15.9 Å². The van der Waals surface area contributed by atoms with Gasteiger partial charge in [0.1, 0.15) is 28.1 Å². The third kappa shape index (κ3) is 8.56. The van der Waals surface area contributed by atoms with Gasteiger partial charge in [0.2, 0.25) is 0 Å². The lowest BCUT2D eigenvalue weighted by Gasteiger charge is -2.18. The third-order valence-electron chi connectivity index (χ3n) is 17.1. The van der Waals surface area contributed by atoms with Crippen LogP contribution in [0, 0.1) is 0 Å². The smallest absolute Gasteiger partial charge is 0.537 e. The van der Waals surface area contributed by atoms with Crippen molar-refractivity contribution in [3.8, 4) is 39.1 Å².